The molecule has 2 N–H and O–H groups in total. The van der Waals surface area contributed by atoms with Crippen molar-refractivity contribution in [3.05, 3.63) is 18.2 Å². The van der Waals surface area contributed by atoms with Crippen molar-refractivity contribution in [1.82, 2.24) is 15.3 Å². The number of amides is 1. The summed E-state index contributed by atoms with van der Waals surface area (Å²) in [7, 11) is 0. The molecule has 0 aliphatic carbocycles. The van der Waals surface area contributed by atoms with Gasteiger partial charge >= 0.3 is 6.09 Å². The number of hydrogen-bond acceptors (Lipinski definition) is 3. The molecule has 1 aromatic rings. The van der Waals surface area contributed by atoms with Crippen molar-refractivity contribution in [2.45, 2.75) is 45.8 Å². The van der Waals surface area contributed by atoms with Gasteiger partial charge < -0.3 is 15.0 Å². The number of ether oxygens (including phenoxy) is 1. The number of hydrogen-bond donors (Lipinski definition) is 2. The third kappa shape index (κ3) is 4.82. The van der Waals surface area contributed by atoms with Gasteiger partial charge in [-0.2, -0.15) is 0 Å². The quantitative estimate of drug-likeness (QED) is 0.825. The number of H-pyrrole nitrogens is 1. The summed E-state index contributed by atoms with van der Waals surface area (Å²) in [4.78, 5) is 18.3. The number of imidazole rings is 1. The van der Waals surface area contributed by atoms with Crippen molar-refractivity contribution >= 4 is 6.09 Å². The monoisotopic (exact) mass is 225 g/mol. The highest BCUT2D eigenvalue weighted by atomic mass is 16.6. The Labute approximate surface area is 95.6 Å². The molecule has 1 amide bonds. The van der Waals surface area contributed by atoms with Crippen LogP contribution in [0.15, 0.2) is 12.5 Å². The molecule has 0 saturated carbocycles. The topological polar surface area (TPSA) is 67.0 Å². The fourth-order valence-electron chi connectivity index (χ4n) is 1.29. The summed E-state index contributed by atoms with van der Waals surface area (Å²) in [5.41, 5.74) is 0.529. The lowest BCUT2D eigenvalue weighted by molar-refractivity contribution is 0.0508. The van der Waals surface area contributed by atoms with Crippen LogP contribution in [0.4, 0.5) is 4.79 Å². The number of carbonyl (C=O) groups excluding carboxylic acids is 1. The molecule has 5 nitrogen and oxygen atoms in total. The molecular formula is C11H19N3O2. The third-order valence-corrected chi connectivity index (χ3v) is 1.84. The first-order chi connectivity index (χ1) is 7.37. The highest BCUT2D eigenvalue weighted by molar-refractivity contribution is 5.68. The van der Waals surface area contributed by atoms with Crippen molar-refractivity contribution in [1.29, 1.82) is 0 Å². The van der Waals surface area contributed by atoms with E-state index in [9.17, 15) is 4.79 Å². The first kappa shape index (κ1) is 12.5. The second kappa shape index (κ2) is 5.01. The van der Waals surface area contributed by atoms with Gasteiger partial charge in [-0.15, -0.1) is 0 Å². The number of rotatable bonds is 3. The molecule has 0 bridgehead atoms. The molecule has 16 heavy (non-hydrogen) atoms. The molecule has 0 aliphatic rings. The molecule has 0 spiro atoms. The lowest BCUT2D eigenvalue weighted by Gasteiger charge is -2.21. The van der Waals surface area contributed by atoms with Crippen LogP contribution < -0.4 is 5.32 Å². The van der Waals surface area contributed by atoms with Gasteiger partial charge in [-0.1, -0.05) is 0 Å². The SMILES string of the molecule is C[C@H](Cc1cnc[nH]1)NC(=O)OC(C)(C)C. The first-order valence-corrected chi connectivity index (χ1v) is 5.33. The summed E-state index contributed by atoms with van der Waals surface area (Å²) < 4.78 is 5.15. The molecular weight excluding hydrogens is 206 g/mol. The molecule has 0 aliphatic heterocycles. The van der Waals surface area contributed by atoms with E-state index in [1.165, 1.54) is 0 Å². The van der Waals surface area contributed by atoms with Gasteiger partial charge in [0.1, 0.15) is 5.60 Å². The van der Waals surface area contributed by atoms with Crippen LogP contribution in [-0.4, -0.2) is 27.7 Å². The molecule has 0 saturated heterocycles. The van der Waals surface area contributed by atoms with Gasteiger partial charge in [0.15, 0.2) is 0 Å². The number of alkyl carbamates (subject to hydrolysis) is 1. The molecule has 0 radical (unpaired) electrons. The maximum absolute atomic E-state index is 11.4. The van der Waals surface area contributed by atoms with Crippen molar-refractivity contribution in [3.63, 3.8) is 0 Å². The largest absolute Gasteiger partial charge is 0.444 e. The average Bonchev–Trinajstić information content (AvgIpc) is 2.51. The highest BCUT2D eigenvalue weighted by Crippen LogP contribution is 2.07. The van der Waals surface area contributed by atoms with Crippen LogP contribution in [0.2, 0.25) is 0 Å². The predicted molar refractivity (Wildman–Crippen MR) is 61.1 cm³/mol. The van der Waals surface area contributed by atoms with Crippen molar-refractivity contribution in [3.8, 4) is 0 Å². The lowest BCUT2D eigenvalue weighted by atomic mass is 10.2. The maximum Gasteiger partial charge on any atom is 0.407 e. The number of nitrogens with one attached hydrogen (secondary N) is 2. The van der Waals surface area contributed by atoms with Crippen LogP contribution in [-0.2, 0) is 11.2 Å². The average molecular weight is 225 g/mol. The summed E-state index contributed by atoms with van der Waals surface area (Å²) in [5.74, 6) is 0. The Kier molecular flexibility index (Phi) is 3.93. The maximum atomic E-state index is 11.4. The fraction of sp³-hybridized carbons (Fsp3) is 0.636. The van der Waals surface area contributed by atoms with E-state index in [-0.39, 0.29) is 12.1 Å². The second-order valence-electron chi connectivity index (χ2n) is 4.83. The van der Waals surface area contributed by atoms with Crippen molar-refractivity contribution < 1.29 is 9.53 Å². The summed E-state index contributed by atoms with van der Waals surface area (Å²) >= 11 is 0. The number of aromatic nitrogens is 2. The molecule has 1 atom stereocenters. The van der Waals surface area contributed by atoms with Crippen LogP contribution in [0.25, 0.3) is 0 Å². The van der Waals surface area contributed by atoms with E-state index in [2.05, 4.69) is 15.3 Å². The van der Waals surface area contributed by atoms with E-state index in [4.69, 9.17) is 4.74 Å². The van der Waals surface area contributed by atoms with E-state index in [0.717, 1.165) is 5.69 Å². The van der Waals surface area contributed by atoms with E-state index in [1.54, 1.807) is 12.5 Å². The normalized spacial score (nSPS) is 13.2. The van der Waals surface area contributed by atoms with Crippen LogP contribution in [0, 0.1) is 0 Å². The molecule has 0 fully saturated rings. The zero-order valence-corrected chi connectivity index (χ0v) is 10.2. The van der Waals surface area contributed by atoms with Crippen LogP contribution >= 0.6 is 0 Å². The van der Waals surface area contributed by atoms with Gasteiger partial charge in [0.25, 0.3) is 0 Å². The minimum atomic E-state index is -0.461. The minimum absolute atomic E-state index is 0.00954. The zero-order valence-electron chi connectivity index (χ0n) is 10.2. The number of carbonyl (C=O) groups is 1. The van der Waals surface area contributed by atoms with Crippen molar-refractivity contribution in [2.75, 3.05) is 0 Å². The van der Waals surface area contributed by atoms with E-state index in [0.29, 0.717) is 6.42 Å². The molecule has 1 heterocycles. The Morgan fingerprint density at radius 3 is 2.81 bits per heavy atom. The summed E-state index contributed by atoms with van der Waals surface area (Å²) in [6.07, 6.45) is 3.68. The molecule has 1 rings (SSSR count). The third-order valence-electron chi connectivity index (χ3n) is 1.84. The Morgan fingerprint density at radius 1 is 1.62 bits per heavy atom. The highest BCUT2D eigenvalue weighted by Gasteiger charge is 2.17. The van der Waals surface area contributed by atoms with Crippen LogP contribution in [0.3, 0.4) is 0 Å². The molecule has 1 aromatic heterocycles. The number of nitrogens with zero attached hydrogens (tertiary/aromatic N) is 1. The molecule has 0 aromatic carbocycles. The van der Waals surface area contributed by atoms with Crippen LogP contribution in [0.1, 0.15) is 33.4 Å². The van der Waals surface area contributed by atoms with Gasteiger partial charge in [-0.3, -0.25) is 0 Å². The number of aromatic amines is 1. The van der Waals surface area contributed by atoms with E-state index >= 15 is 0 Å². The molecule has 0 unspecified atom stereocenters. The Balaban J connectivity index is 2.34. The van der Waals surface area contributed by atoms with Gasteiger partial charge in [0.05, 0.1) is 6.33 Å². The molecule has 90 valence electrons. The van der Waals surface area contributed by atoms with Gasteiger partial charge in [-0.05, 0) is 27.7 Å². The smallest absolute Gasteiger partial charge is 0.407 e. The van der Waals surface area contributed by atoms with Gasteiger partial charge in [0, 0.05) is 24.4 Å². The zero-order chi connectivity index (χ0) is 12.2. The predicted octanol–water partition coefficient (Wildman–Crippen LogP) is 1.87. The van der Waals surface area contributed by atoms with Crippen LogP contribution in [0.5, 0.6) is 0 Å². The lowest BCUT2D eigenvalue weighted by Crippen LogP contribution is -2.38. The Morgan fingerprint density at radius 2 is 2.31 bits per heavy atom. The standard InChI is InChI=1S/C11H19N3O2/c1-8(5-9-6-12-7-13-9)14-10(15)16-11(2,3)4/h6-8H,5H2,1-4H3,(H,12,13)(H,14,15)/t8-/m1/s1. The summed E-state index contributed by atoms with van der Waals surface area (Å²) in [5, 5.41) is 2.77. The molecule has 5 heteroatoms. The van der Waals surface area contributed by atoms with Gasteiger partial charge in [-0.25, -0.2) is 9.78 Å². The summed E-state index contributed by atoms with van der Waals surface area (Å²) in [6, 6.07) is 0.00954. The van der Waals surface area contributed by atoms with E-state index < -0.39 is 5.60 Å². The van der Waals surface area contributed by atoms with Crippen molar-refractivity contribution in [2.24, 2.45) is 0 Å². The Hall–Kier alpha value is -1.52. The fourth-order valence-corrected chi connectivity index (χ4v) is 1.29. The Bertz CT molecular complexity index is 327. The summed E-state index contributed by atoms with van der Waals surface area (Å²) in [6.45, 7) is 7.44. The van der Waals surface area contributed by atoms with E-state index in [1.807, 2.05) is 27.7 Å². The minimum Gasteiger partial charge on any atom is -0.444 e. The second-order valence-corrected chi connectivity index (χ2v) is 4.83. The van der Waals surface area contributed by atoms with Gasteiger partial charge in [0.2, 0.25) is 0 Å². The first-order valence-electron chi connectivity index (χ1n) is 5.33.